The highest BCUT2D eigenvalue weighted by Crippen LogP contribution is 2.36. The van der Waals surface area contributed by atoms with Crippen molar-refractivity contribution in [2.75, 3.05) is 13.1 Å². The molecule has 0 bridgehead atoms. The number of alkyl halides is 3. The van der Waals surface area contributed by atoms with Crippen molar-refractivity contribution >= 4 is 11.5 Å². The molecule has 2 aromatic rings. The van der Waals surface area contributed by atoms with Gasteiger partial charge in [0.25, 0.3) is 0 Å². The molecule has 1 N–H and O–H groups in total. The fourth-order valence-corrected chi connectivity index (χ4v) is 3.84. The second-order valence-corrected chi connectivity index (χ2v) is 7.85. The Kier molecular flexibility index (Phi) is 5.75. The van der Waals surface area contributed by atoms with Crippen molar-refractivity contribution in [3.63, 3.8) is 0 Å². The Morgan fingerprint density at radius 1 is 1.16 bits per heavy atom. The molecule has 0 saturated carbocycles. The summed E-state index contributed by atoms with van der Waals surface area (Å²) >= 11 is 0. The molecule has 0 aromatic heterocycles. The van der Waals surface area contributed by atoms with Gasteiger partial charge in [0.2, 0.25) is 0 Å². The van der Waals surface area contributed by atoms with E-state index in [1.165, 1.54) is 24.3 Å². The maximum Gasteiger partial charge on any atom is 0.416 e. The molecule has 4 nitrogen and oxygen atoms in total. The second-order valence-electron chi connectivity index (χ2n) is 7.85. The molecule has 4 rings (SSSR count). The summed E-state index contributed by atoms with van der Waals surface area (Å²) in [6.45, 7) is 1.76. The van der Waals surface area contributed by atoms with Crippen LogP contribution in [0, 0.1) is 5.82 Å². The van der Waals surface area contributed by atoms with Crippen LogP contribution in [-0.2, 0) is 12.7 Å². The molecule has 0 spiro atoms. The molecular formula is C23H21F4NO3. The van der Waals surface area contributed by atoms with E-state index in [0.29, 0.717) is 32.5 Å². The second kappa shape index (κ2) is 8.34. The lowest BCUT2D eigenvalue weighted by atomic mass is 9.99. The van der Waals surface area contributed by atoms with Gasteiger partial charge < -0.3 is 9.84 Å². The molecule has 0 amide bonds. The average Bonchev–Trinajstić information content (AvgIpc) is 3.54. The molecule has 0 atom stereocenters. The summed E-state index contributed by atoms with van der Waals surface area (Å²) in [6, 6.07) is 7.56. The van der Waals surface area contributed by atoms with Crippen LogP contribution in [0.25, 0.3) is 5.57 Å². The van der Waals surface area contributed by atoms with E-state index in [0.717, 1.165) is 35.3 Å². The zero-order valence-electron chi connectivity index (χ0n) is 16.6. The van der Waals surface area contributed by atoms with Crippen molar-refractivity contribution < 1.29 is 32.2 Å². The molecule has 31 heavy (non-hydrogen) atoms. The minimum absolute atomic E-state index is 0.197. The smallest absolute Gasteiger partial charge is 0.416 e. The normalized spacial score (nSPS) is 17.4. The fourth-order valence-electron chi connectivity index (χ4n) is 3.84. The summed E-state index contributed by atoms with van der Waals surface area (Å²) in [4.78, 5) is 13.4. The maximum absolute atomic E-state index is 14.2. The largest absolute Gasteiger partial charge is 0.490 e. The predicted molar refractivity (Wildman–Crippen MR) is 106 cm³/mol. The Morgan fingerprint density at radius 2 is 1.87 bits per heavy atom. The minimum Gasteiger partial charge on any atom is -0.490 e. The van der Waals surface area contributed by atoms with E-state index >= 15 is 0 Å². The first-order chi connectivity index (χ1) is 14.7. The lowest BCUT2D eigenvalue weighted by molar-refractivity contribution is -0.137. The number of likely N-dealkylation sites (tertiary alicyclic amines) is 1. The van der Waals surface area contributed by atoms with Crippen LogP contribution in [0.1, 0.15) is 46.3 Å². The number of halogens is 4. The van der Waals surface area contributed by atoms with Gasteiger partial charge in [-0.1, -0.05) is 12.1 Å². The van der Waals surface area contributed by atoms with Crippen LogP contribution in [-0.4, -0.2) is 35.2 Å². The number of carbonyl (C=O) groups is 1. The van der Waals surface area contributed by atoms with Gasteiger partial charge in [-0.3, -0.25) is 4.90 Å². The molecule has 1 aliphatic carbocycles. The summed E-state index contributed by atoms with van der Waals surface area (Å²) in [7, 11) is 0. The molecular weight excluding hydrogens is 414 g/mol. The van der Waals surface area contributed by atoms with Gasteiger partial charge in [-0.15, -0.1) is 0 Å². The summed E-state index contributed by atoms with van der Waals surface area (Å²) < 4.78 is 58.6. The third kappa shape index (κ3) is 5.07. The molecule has 164 valence electrons. The molecule has 8 heteroatoms. The first-order valence-corrected chi connectivity index (χ1v) is 10.0. The number of rotatable bonds is 6. The van der Waals surface area contributed by atoms with Crippen LogP contribution in [0.3, 0.4) is 0 Å². The zero-order valence-corrected chi connectivity index (χ0v) is 16.6. The van der Waals surface area contributed by atoms with E-state index < -0.39 is 23.5 Å². The first kappa shape index (κ1) is 21.4. The Morgan fingerprint density at radius 3 is 2.48 bits per heavy atom. The maximum atomic E-state index is 14.2. The van der Waals surface area contributed by atoms with Gasteiger partial charge in [0.1, 0.15) is 17.7 Å². The van der Waals surface area contributed by atoms with Crippen molar-refractivity contribution in [2.24, 2.45) is 0 Å². The van der Waals surface area contributed by atoms with E-state index in [1.807, 2.05) is 6.08 Å². The van der Waals surface area contributed by atoms with Crippen molar-refractivity contribution in [1.29, 1.82) is 0 Å². The molecule has 1 heterocycles. The van der Waals surface area contributed by atoms with Crippen LogP contribution in [0.15, 0.2) is 42.5 Å². The van der Waals surface area contributed by atoms with Crippen LogP contribution in [0.2, 0.25) is 0 Å². The molecule has 0 unspecified atom stereocenters. The van der Waals surface area contributed by atoms with Crippen LogP contribution in [0.5, 0.6) is 5.75 Å². The number of nitrogens with zero attached hydrogens (tertiary/aromatic N) is 1. The third-order valence-corrected chi connectivity index (χ3v) is 5.57. The van der Waals surface area contributed by atoms with Gasteiger partial charge in [-0.2, -0.15) is 13.2 Å². The number of benzene rings is 2. The van der Waals surface area contributed by atoms with Crippen molar-refractivity contribution in [3.05, 3.63) is 70.5 Å². The van der Waals surface area contributed by atoms with Crippen LogP contribution in [0.4, 0.5) is 17.6 Å². The highest BCUT2D eigenvalue weighted by molar-refractivity contribution is 5.91. The number of allylic oxidation sites excluding steroid dienone is 2. The fraction of sp³-hybridized carbons (Fsp3) is 0.348. The average molecular weight is 435 g/mol. The Labute approximate surface area is 176 Å². The van der Waals surface area contributed by atoms with E-state index in [9.17, 15) is 27.5 Å². The lowest BCUT2D eigenvalue weighted by Crippen LogP contribution is -2.38. The van der Waals surface area contributed by atoms with Crippen LogP contribution >= 0.6 is 0 Å². The Bertz CT molecular complexity index is 1020. The van der Waals surface area contributed by atoms with Gasteiger partial charge in [0.15, 0.2) is 0 Å². The topological polar surface area (TPSA) is 49.8 Å². The highest BCUT2D eigenvalue weighted by atomic mass is 19.4. The van der Waals surface area contributed by atoms with E-state index in [1.54, 1.807) is 0 Å². The standard InChI is InChI=1S/C23H21F4NO3/c24-21-10-15(19(14-4-5-14)12-20(21)22(29)30)13-28-8-6-17(7-9-28)31-18-3-1-2-16(11-18)23(25,26)27/h1-4,10-12,17H,5-9,13H2,(H,29,30). The molecule has 0 radical (unpaired) electrons. The monoisotopic (exact) mass is 435 g/mol. The third-order valence-electron chi connectivity index (χ3n) is 5.57. The number of ether oxygens (including phenoxy) is 1. The summed E-state index contributed by atoms with van der Waals surface area (Å²) in [5.74, 6) is -1.85. The molecule has 1 fully saturated rings. The predicted octanol–water partition coefficient (Wildman–Crippen LogP) is 5.37. The number of carboxylic acid groups (broad SMARTS) is 1. The molecule has 1 saturated heterocycles. The van der Waals surface area contributed by atoms with Crippen molar-refractivity contribution in [1.82, 2.24) is 4.90 Å². The summed E-state index contributed by atoms with van der Waals surface area (Å²) in [6.07, 6.45) is -0.615. The highest BCUT2D eigenvalue weighted by Gasteiger charge is 2.31. The van der Waals surface area contributed by atoms with Crippen molar-refractivity contribution in [2.45, 2.75) is 38.1 Å². The van der Waals surface area contributed by atoms with Gasteiger partial charge in [0.05, 0.1) is 11.1 Å². The van der Waals surface area contributed by atoms with E-state index in [4.69, 9.17) is 4.74 Å². The SMILES string of the molecule is O=C(O)c1cc(C2=CC2)c(CN2CCC(Oc3cccc(C(F)(F)F)c3)CC2)cc1F. The number of carboxylic acids is 1. The lowest BCUT2D eigenvalue weighted by Gasteiger charge is -2.32. The number of aromatic carboxylic acids is 1. The number of piperidine rings is 1. The van der Waals surface area contributed by atoms with E-state index in [2.05, 4.69) is 4.90 Å². The van der Waals surface area contributed by atoms with Gasteiger partial charge in [-0.25, -0.2) is 9.18 Å². The molecule has 2 aromatic carbocycles. The Balaban J connectivity index is 1.39. The molecule has 2 aliphatic rings. The molecule has 1 aliphatic heterocycles. The van der Waals surface area contributed by atoms with Gasteiger partial charge >= 0.3 is 12.1 Å². The van der Waals surface area contributed by atoms with Gasteiger partial charge in [-0.05, 0) is 66.3 Å². The van der Waals surface area contributed by atoms with Crippen molar-refractivity contribution in [3.8, 4) is 5.75 Å². The zero-order chi connectivity index (χ0) is 22.2. The Hall–Kier alpha value is -2.87. The minimum atomic E-state index is -4.41. The summed E-state index contributed by atoms with van der Waals surface area (Å²) in [5.41, 5.74) is 1.45. The van der Waals surface area contributed by atoms with E-state index in [-0.39, 0.29) is 17.4 Å². The van der Waals surface area contributed by atoms with Gasteiger partial charge in [0, 0.05) is 19.6 Å². The van der Waals surface area contributed by atoms with Crippen LogP contribution < -0.4 is 4.74 Å². The first-order valence-electron chi connectivity index (χ1n) is 10.0. The number of hydrogen-bond donors (Lipinski definition) is 1. The summed E-state index contributed by atoms with van der Waals surface area (Å²) in [5, 5.41) is 9.17. The quantitative estimate of drug-likeness (QED) is 0.620. The number of hydrogen-bond acceptors (Lipinski definition) is 3.